The maximum absolute atomic E-state index is 11.2. The van der Waals surface area contributed by atoms with E-state index in [0.29, 0.717) is 11.8 Å². The molecule has 0 saturated carbocycles. The van der Waals surface area contributed by atoms with Crippen LogP contribution in [0.15, 0.2) is 46.5 Å². The van der Waals surface area contributed by atoms with Gasteiger partial charge in [-0.3, -0.25) is 4.68 Å². The molecule has 7 heteroatoms. The van der Waals surface area contributed by atoms with E-state index in [4.69, 9.17) is 10.7 Å². The highest BCUT2D eigenvalue weighted by Crippen LogP contribution is 2.37. The molecule has 0 radical (unpaired) electrons. The summed E-state index contributed by atoms with van der Waals surface area (Å²) in [5.74, 6) is 0. The molecule has 0 amide bonds. The van der Waals surface area contributed by atoms with Crippen LogP contribution in [0.5, 0.6) is 0 Å². The predicted molar refractivity (Wildman–Crippen MR) is 75.1 cm³/mol. The topological polar surface area (TPSA) is 52.0 Å². The largest absolute Gasteiger partial charge is 0.270 e. The molecule has 100 valence electrons. The Hall–Kier alpha value is -0.980. The number of fused-ring (bicyclic) bond motifs is 1. The standard InChI is InChI=1S/C12H11ClN2O2S2/c13-19(16,17)11-6-14-15(8-11)7-10-5-9-3-1-2-4-12(9)18-10/h1-4,6,8,10H,5,7H2. The molecule has 1 atom stereocenters. The summed E-state index contributed by atoms with van der Waals surface area (Å²) in [5, 5.41) is 4.43. The van der Waals surface area contributed by atoms with Crippen molar-refractivity contribution in [2.75, 3.05) is 0 Å². The van der Waals surface area contributed by atoms with Crippen LogP contribution in [0.3, 0.4) is 0 Å². The average Bonchev–Trinajstić information content (AvgIpc) is 2.94. The number of aromatic nitrogens is 2. The molecule has 1 aliphatic rings. The van der Waals surface area contributed by atoms with Gasteiger partial charge < -0.3 is 0 Å². The Kier molecular flexibility index (Phi) is 3.32. The van der Waals surface area contributed by atoms with E-state index in [-0.39, 0.29) is 4.90 Å². The second kappa shape index (κ2) is 4.85. The van der Waals surface area contributed by atoms with E-state index in [1.165, 1.54) is 22.9 Å². The van der Waals surface area contributed by atoms with Crippen LogP contribution in [0, 0.1) is 0 Å². The van der Waals surface area contributed by atoms with Crippen LogP contribution >= 0.6 is 22.4 Å². The van der Waals surface area contributed by atoms with Crippen LogP contribution in [0.1, 0.15) is 5.56 Å². The van der Waals surface area contributed by atoms with Gasteiger partial charge in [-0.15, -0.1) is 11.8 Å². The van der Waals surface area contributed by atoms with Crippen molar-refractivity contribution >= 4 is 31.5 Å². The lowest BCUT2D eigenvalue weighted by Gasteiger charge is -2.07. The smallest absolute Gasteiger partial charge is 0.264 e. The number of thioether (sulfide) groups is 1. The molecule has 0 saturated heterocycles. The quantitative estimate of drug-likeness (QED) is 0.817. The molecule has 4 nitrogen and oxygen atoms in total. The Morgan fingerprint density at radius 1 is 1.42 bits per heavy atom. The van der Waals surface area contributed by atoms with Gasteiger partial charge in [-0.05, 0) is 18.1 Å². The van der Waals surface area contributed by atoms with Gasteiger partial charge in [0.1, 0.15) is 4.90 Å². The molecule has 2 aromatic rings. The van der Waals surface area contributed by atoms with Crippen molar-refractivity contribution in [3.63, 3.8) is 0 Å². The molecule has 1 unspecified atom stereocenters. The summed E-state index contributed by atoms with van der Waals surface area (Å²) >= 11 is 1.80. The first-order valence-electron chi connectivity index (χ1n) is 5.74. The van der Waals surface area contributed by atoms with Crippen molar-refractivity contribution in [1.29, 1.82) is 0 Å². The minimum atomic E-state index is -3.69. The van der Waals surface area contributed by atoms with Crippen molar-refractivity contribution in [1.82, 2.24) is 9.78 Å². The highest BCUT2D eigenvalue weighted by molar-refractivity contribution is 8.13. The zero-order valence-electron chi connectivity index (χ0n) is 9.86. The van der Waals surface area contributed by atoms with Gasteiger partial charge in [0.15, 0.2) is 0 Å². The number of nitrogens with zero attached hydrogens (tertiary/aromatic N) is 2. The Morgan fingerprint density at radius 2 is 2.21 bits per heavy atom. The first-order valence-corrected chi connectivity index (χ1v) is 8.93. The molecule has 3 rings (SSSR count). The Balaban J connectivity index is 1.73. The molecule has 0 N–H and O–H groups in total. The summed E-state index contributed by atoms with van der Waals surface area (Å²) in [7, 11) is 1.59. The van der Waals surface area contributed by atoms with Crippen LogP contribution in [-0.4, -0.2) is 23.4 Å². The van der Waals surface area contributed by atoms with Crippen molar-refractivity contribution in [3.05, 3.63) is 42.2 Å². The van der Waals surface area contributed by atoms with E-state index >= 15 is 0 Å². The Bertz CT molecular complexity index is 687. The number of halogens is 1. The lowest BCUT2D eigenvalue weighted by Crippen LogP contribution is -2.12. The first kappa shape index (κ1) is 13.0. The van der Waals surface area contributed by atoms with Crippen LogP contribution in [0.2, 0.25) is 0 Å². The molecule has 0 aliphatic carbocycles. The van der Waals surface area contributed by atoms with Crippen molar-refractivity contribution in [3.8, 4) is 0 Å². The fourth-order valence-corrected chi connectivity index (χ4v) is 4.10. The van der Waals surface area contributed by atoms with Crippen molar-refractivity contribution in [2.24, 2.45) is 0 Å². The number of hydrogen-bond acceptors (Lipinski definition) is 4. The minimum Gasteiger partial charge on any atom is -0.270 e. The SMILES string of the molecule is O=S(=O)(Cl)c1cnn(CC2Cc3ccccc3S2)c1. The molecule has 1 aromatic heterocycles. The van der Waals surface area contributed by atoms with Gasteiger partial charge in [0.25, 0.3) is 9.05 Å². The van der Waals surface area contributed by atoms with Gasteiger partial charge in [0.05, 0.1) is 12.7 Å². The van der Waals surface area contributed by atoms with Gasteiger partial charge in [0, 0.05) is 27.0 Å². The van der Waals surface area contributed by atoms with E-state index in [2.05, 4.69) is 17.2 Å². The predicted octanol–water partition coefficient (Wildman–Crippen LogP) is 2.53. The number of benzene rings is 1. The zero-order valence-corrected chi connectivity index (χ0v) is 12.2. The van der Waals surface area contributed by atoms with Crippen molar-refractivity contribution < 1.29 is 8.42 Å². The molecular formula is C12H11ClN2O2S2. The van der Waals surface area contributed by atoms with E-state index in [1.807, 2.05) is 12.1 Å². The lowest BCUT2D eigenvalue weighted by atomic mass is 10.1. The van der Waals surface area contributed by atoms with Gasteiger partial charge >= 0.3 is 0 Å². The summed E-state index contributed by atoms with van der Waals surface area (Å²) in [6.07, 6.45) is 3.74. The third-order valence-corrected chi connectivity index (χ3v) is 5.61. The third-order valence-electron chi connectivity index (χ3n) is 3.00. The van der Waals surface area contributed by atoms with Gasteiger partial charge in [0.2, 0.25) is 0 Å². The lowest BCUT2D eigenvalue weighted by molar-refractivity contribution is 0.592. The van der Waals surface area contributed by atoms with Crippen LogP contribution in [0.25, 0.3) is 0 Å². The minimum absolute atomic E-state index is 0.0506. The van der Waals surface area contributed by atoms with E-state index < -0.39 is 9.05 Å². The average molecular weight is 315 g/mol. The number of hydrogen-bond donors (Lipinski definition) is 0. The van der Waals surface area contributed by atoms with Gasteiger partial charge in [-0.2, -0.15) is 5.10 Å². The maximum atomic E-state index is 11.2. The fraction of sp³-hybridized carbons (Fsp3) is 0.250. The molecule has 1 aliphatic heterocycles. The monoisotopic (exact) mass is 314 g/mol. The Labute approximate surface area is 120 Å². The summed E-state index contributed by atoms with van der Waals surface area (Å²) in [6.45, 7) is 0.672. The van der Waals surface area contributed by atoms with Crippen LogP contribution < -0.4 is 0 Å². The molecule has 0 fully saturated rings. The zero-order chi connectivity index (χ0) is 13.5. The Morgan fingerprint density at radius 3 is 2.89 bits per heavy atom. The van der Waals surface area contributed by atoms with Gasteiger partial charge in [-0.25, -0.2) is 8.42 Å². The molecular weight excluding hydrogens is 304 g/mol. The summed E-state index contributed by atoms with van der Waals surface area (Å²) in [5.41, 5.74) is 1.34. The van der Waals surface area contributed by atoms with Crippen LogP contribution in [0.4, 0.5) is 0 Å². The highest BCUT2D eigenvalue weighted by atomic mass is 35.7. The van der Waals surface area contributed by atoms with Crippen LogP contribution in [-0.2, 0) is 22.0 Å². The molecule has 2 heterocycles. The van der Waals surface area contributed by atoms with Crippen molar-refractivity contribution in [2.45, 2.75) is 28.0 Å². The highest BCUT2D eigenvalue weighted by Gasteiger charge is 2.23. The molecule has 0 spiro atoms. The van der Waals surface area contributed by atoms with Gasteiger partial charge in [-0.1, -0.05) is 18.2 Å². The third kappa shape index (κ3) is 2.80. The summed E-state index contributed by atoms with van der Waals surface area (Å²) in [4.78, 5) is 1.35. The molecule has 1 aromatic carbocycles. The van der Waals surface area contributed by atoms with E-state index in [9.17, 15) is 8.42 Å². The molecule has 0 bridgehead atoms. The second-order valence-corrected chi connectivity index (χ2v) is 8.30. The summed E-state index contributed by atoms with van der Waals surface area (Å²) < 4.78 is 24.0. The number of rotatable bonds is 3. The maximum Gasteiger partial charge on any atom is 0.264 e. The van der Waals surface area contributed by atoms with E-state index in [0.717, 1.165) is 6.42 Å². The second-order valence-electron chi connectivity index (χ2n) is 4.39. The first-order chi connectivity index (χ1) is 9.02. The molecule has 19 heavy (non-hydrogen) atoms. The fourth-order valence-electron chi connectivity index (χ4n) is 2.13. The van der Waals surface area contributed by atoms with E-state index in [1.54, 1.807) is 16.4 Å². The normalized spacial score (nSPS) is 18.5. The summed E-state index contributed by atoms with van der Waals surface area (Å²) in [6, 6.07) is 8.30.